The normalized spacial score (nSPS) is 10.9. The maximum absolute atomic E-state index is 13.5. The molecule has 0 aliphatic carbocycles. The zero-order chi connectivity index (χ0) is 13.4. The van der Waals surface area contributed by atoms with Crippen molar-refractivity contribution in [3.05, 3.63) is 47.8 Å². The van der Waals surface area contributed by atoms with Gasteiger partial charge in [0.2, 0.25) is 0 Å². The van der Waals surface area contributed by atoms with Crippen LogP contribution in [0.4, 0.5) is 4.39 Å². The average Bonchev–Trinajstić information content (AvgIpc) is 2.33. The number of benzene rings is 1. The van der Waals surface area contributed by atoms with E-state index in [-0.39, 0.29) is 12.4 Å². The van der Waals surface area contributed by atoms with Gasteiger partial charge in [-0.2, -0.15) is 0 Å². The molecule has 0 aliphatic rings. The summed E-state index contributed by atoms with van der Waals surface area (Å²) >= 11 is 0. The van der Waals surface area contributed by atoms with Crippen LogP contribution in [0.5, 0.6) is 0 Å². The Kier molecular flexibility index (Phi) is 6.61. The van der Waals surface area contributed by atoms with Crippen LogP contribution in [0.15, 0.2) is 30.9 Å². The molecule has 0 saturated heterocycles. The summed E-state index contributed by atoms with van der Waals surface area (Å²) in [6.07, 6.45) is 1.66. The average molecular weight is 251 g/mol. The first-order chi connectivity index (χ1) is 8.63. The van der Waals surface area contributed by atoms with Gasteiger partial charge in [0.25, 0.3) is 0 Å². The Balaban J connectivity index is 2.53. The molecule has 1 N–H and O–H groups in total. The van der Waals surface area contributed by atoms with Gasteiger partial charge in [-0.05, 0) is 30.2 Å². The summed E-state index contributed by atoms with van der Waals surface area (Å²) in [6.45, 7) is 10.3. The molecular formula is C15H22FNO. The van der Waals surface area contributed by atoms with Crippen LogP contribution >= 0.6 is 0 Å². The first-order valence-electron chi connectivity index (χ1n) is 6.30. The van der Waals surface area contributed by atoms with Gasteiger partial charge in [0, 0.05) is 12.1 Å². The third-order valence-electron chi connectivity index (χ3n) is 2.49. The van der Waals surface area contributed by atoms with Crippen LogP contribution in [-0.2, 0) is 17.9 Å². The van der Waals surface area contributed by atoms with Crippen molar-refractivity contribution in [2.45, 2.75) is 27.0 Å². The zero-order valence-corrected chi connectivity index (χ0v) is 11.2. The molecule has 1 aromatic carbocycles. The van der Waals surface area contributed by atoms with Crippen LogP contribution in [0.3, 0.4) is 0 Å². The highest BCUT2D eigenvalue weighted by atomic mass is 19.1. The number of nitrogens with one attached hydrogen (secondary N) is 1. The van der Waals surface area contributed by atoms with E-state index in [1.54, 1.807) is 12.1 Å². The number of ether oxygens (including phenoxy) is 1. The van der Waals surface area contributed by atoms with Gasteiger partial charge in [0.05, 0.1) is 13.2 Å². The van der Waals surface area contributed by atoms with Gasteiger partial charge in [0.1, 0.15) is 5.82 Å². The van der Waals surface area contributed by atoms with E-state index in [0.29, 0.717) is 18.1 Å². The summed E-state index contributed by atoms with van der Waals surface area (Å²) in [6, 6.07) is 5.16. The Morgan fingerprint density at radius 1 is 1.44 bits per heavy atom. The van der Waals surface area contributed by atoms with Crippen LogP contribution in [0.1, 0.15) is 25.0 Å². The van der Waals surface area contributed by atoms with Gasteiger partial charge in [-0.3, -0.25) is 0 Å². The van der Waals surface area contributed by atoms with E-state index in [4.69, 9.17) is 4.74 Å². The first-order valence-corrected chi connectivity index (χ1v) is 6.30. The number of hydrogen-bond donors (Lipinski definition) is 1. The molecular weight excluding hydrogens is 229 g/mol. The van der Waals surface area contributed by atoms with Crippen molar-refractivity contribution in [3.8, 4) is 0 Å². The molecule has 0 heterocycles. The lowest BCUT2D eigenvalue weighted by molar-refractivity contribution is 0.146. The van der Waals surface area contributed by atoms with E-state index >= 15 is 0 Å². The molecule has 0 unspecified atom stereocenters. The smallest absolute Gasteiger partial charge is 0.128 e. The van der Waals surface area contributed by atoms with Gasteiger partial charge in [-0.1, -0.05) is 26.0 Å². The van der Waals surface area contributed by atoms with Crippen molar-refractivity contribution in [2.24, 2.45) is 5.92 Å². The van der Waals surface area contributed by atoms with Gasteiger partial charge in [-0.15, -0.1) is 6.58 Å². The van der Waals surface area contributed by atoms with Crippen LogP contribution in [0.25, 0.3) is 0 Å². The third-order valence-corrected chi connectivity index (χ3v) is 2.49. The Morgan fingerprint density at radius 3 is 2.89 bits per heavy atom. The summed E-state index contributed by atoms with van der Waals surface area (Å²) in [5.41, 5.74) is 1.68. The largest absolute Gasteiger partial charge is 0.373 e. The quantitative estimate of drug-likeness (QED) is 0.565. The first kappa shape index (κ1) is 14.9. The van der Waals surface area contributed by atoms with Crippen LogP contribution in [0, 0.1) is 11.7 Å². The molecule has 0 amide bonds. The molecule has 18 heavy (non-hydrogen) atoms. The monoisotopic (exact) mass is 251 g/mol. The summed E-state index contributed by atoms with van der Waals surface area (Å²) in [7, 11) is 0. The minimum Gasteiger partial charge on any atom is -0.373 e. The lowest BCUT2D eigenvalue weighted by Gasteiger charge is -2.09. The van der Waals surface area contributed by atoms with E-state index in [0.717, 1.165) is 18.7 Å². The maximum Gasteiger partial charge on any atom is 0.128 e. The van der Waals surface area contributed by atoms with Gasteiger partial charge in [0.15, 0.2) is 0 Å². The predicted octanol–water partition coefficient (Wildman–Crippen LogP) is 3.27. The highest BCUT2D eigenvalue weighted by Gasteiger charge is 2.04. The van der Waals surface area contributed by atoms with Crippen molar-refractivity contribution >= 4 is 0 Å². The predicted molar refractivity (Wildman–Crippen MR) is 72.8 cm³/mol. The molecule has 0 fully saturated rings. The molecule has 0 atom stereocenters. The van der Waals surface area contributed by atoms with Crippen LogP contribution in [-0.4, -0.2) is 13.2 Å². The zero-order valence-electron chi connectivity index (χ0n) is 11.2. The second kappa shape index (κ2) is 8.01. The van der Waals surface area contributed by atoms with E-state index in [9.17, 15) is 4.39 Å². The van der Waals surface area contributed by atoms with Crippen molar-refractivity contribution in [1.82, 2.24) is 5.32 Å². The summed E-state index contributed by atoms with van der Waals surface area (Å²) in [5.74, 6) is 0.396. The van der Waals surface area contributed by atoms with Gasteiger partial charge in [-0.25, -0.2) is 4.39 Å². The Labute approximate surface area is 109 Å². The van der Waals surface area contributed by atoms with E-state index < -0.39 is 0 Å². The molecule has 0 aromatic heterocycles. The SMILES string of the molecule is C=CCOCc1cc(CNCC(C)C)ccc1F. The van der Waals surface area contributed by atoms with Crippen molar-refractivity contribution in [3.63, 3.8) is 0 Å². The van der Waals surface area contributed by atoms with E-state index in [1.165, 1.54) is 6.07 Å². The Bertz CT molecular complexity index is 377. The Morgan fingerprint density at radius 2 is 2.22 bits per heavy atom. The van der Waals surface area contributed by atoms with Crippen LogP contribution in [0.2, 0.25) is 0 Å². The standard InChI is InChI=1S/C15H22FNO/c1-4-7-18-11-14-8-13(5-6-15(14)16)10-17-9-12(2)3/h4-6,8,12,17H,1,7,9-11H2,2-3H3. The molecule has 1 aromatic rings. The molecule has 0 aliphatic heterocycles. The highest BCUT2D eigenvalue weighted by molar-refractivity contribution is 5.24. The lowest BCUT2D eigenvalue weighted by Crippen LogP contribution is -2.19. The molecule has 0 spiro atoms. The number of halogens is 1. The molecule has 2 nitrogen and oxygen atoms in total. The summed E-state index contributed by atoms with van der Waals surface area (Å²) in [4.78, 5) is 0. The third kappa shape index (κ3) is 5.43. The molecule has 100 valence electrons. The topological polar surface area (TPSA) is 21.3 Å². The highest BCUT2D eigenvalue weighted by Crippen LogP contribution is 2.12. The lowest BCUT2D eigenvalue weighted by atomic mass is 10.1. The molecule has 0 bridgehead atoms. The molecule has 0 saturated carbocycles. The van der Waals surface area contributed by atoms with Crippen molar-refractivity contribution < 1.29 is 9.13 Å². The summed E-state index contributed by atoms with van der Waals surface area (Å²) in [5, 5.41) is 3.34. The fourth-order valence-corrected chi connectivity index (χ4v) is 1.61. The summed E-state index contributed by atoms with van der Waals surface area (Å²) < 4.78 is 18.8. The van der Waals surface area contributed by atoms with E-state index in [2.05, 4.69) is 25.7 Å². The van der Waals surface area contributed by atoms with E-state index in [1.807, 2.05) is 6.07 Å². The molecule has 1 rings (SSSR count). The second-order valence-electron chi connectivity index (χ2n) is 4.75. The fraction of sp³-hybridized carbons (Fsp3) is 0.467. The molecule has 0 radical (unpaired) electrons. The minimum absolute atomic E-state index is 0.216. The van der Waals surface area contributed by atoms with Gasteiger partial charge >= 0.3 is 0 Å². The van der Waals surface area contributed by atoms with Crippen LogP contribution < -0.4 is 5.32 Å². The fourth-order valence-electron chi connectivity index (χ4n) is 1.61. The van der Waals surface area contributed by atoms with Gasteiger partial charge < -0.3 is 10.1 Å². The maximum atomic E-state index is 13.5. The number of hydrogen-bond acceptors (Lipinski definition) is 2. The van der Waals surface area contributed by atoms with Crippen molar-refractivity contribution in [2.75, 3.05) is 13.2 Å². The Hall–Kier alpha value is -1.19. The van der Waals surface area contributed by atoms with Crippen molar-refractivity contribution in [1.29, 1.82) is 0 Å². The molecule has 3 heteroatoms. The minimum atomic E-state index is -0.216. The second-order valence-corrected chi connectivity index (χ2v) is 4.75. The number of rotatable bonds is 8.